The molecule has 0 amide bonds. The van der Waals surface area contributed by atoms with Crippen molar-refractivity contribution in [2.24, 2.45) is 0 Å². The van der Waals surface area contributed by atoms with Crippen molar-refractivity contribution in [1.29, 1.82) is 0 Å². The van der Waals surface area contributed by atoms with Crippen LogP contribution < -0.4 is 0 Å². The highest BCUT2D eigenvalue weighted by molar-refractivity contribution is 6.33. The van der Waals surface area contributed by atoms with Crippen LogP contribution in [0, 0.1) is 0 Å². The number of hydrogen-bond acceptors (Lipinski definition) is 4. The Morgan fingerprint density at radius 3 is 1.43 bits per heavy atom. The minimum Gasteiger partial charge on any atom is -0.256 e. The van der Waals surface area contributed by atoms with Gasteiger partial charge in [0.2, 0.25) is 0 Å². The second kappa shape index (κ2) is 16.0. The van der Waals surface area contributed by atoms with Gasteiger partial charge in [-0.05, 0) is 170 Å². The van der Waals surface area contributed by atoms with Gasteiger partial charge in [0.05, 0.1) is 22.4 Å². The first kappa shape index (κ1) is 40.3. The number of hydrogen-bond donors (Lipinski definition) is 0. The Morgan fingerprint density at radius 1 is 0.222 bits per heavy atom. The van der Waals surface area contributed by atoms with Crippen molar-refractivity contribution in [3.05, 3.63) is 243 Å². The van der Waals surface area contributed by atoms with Crippen molar-refractivity contribution in [2.45, 2.75) is 0 Å². The number of pyridine rings is 4. The Bertz CT molecular complexity index is 4770. The van der Waals surface area contributed by atoms with Gasteiger partial charge >= 0.3 is 0 Å². The summed E-state index contributed by atoms with van der Waals surface area (Å²) < 4.78 is 0. The highest BCUT2D eigenvalue weighted by atomic mass is 14.7. The third-order valence-corrected chi connectivity index (χ3v) is 15.0. The molecule has 0 N–H and O–H groups in total. The van der Waals surface area contributed by atoms with Crippen LogP contribution in [-0.2, 0) is 0 Å². The van der Waals surface area contributed by atoms with Crippen molar-refractivity contribution >= 4 is 97.2 Å². The van der Waals surface area contributed by atoms with Crippen LogP contribution in [0.1, 0.15) is 0 Å². The molecule has 15 rings (SSSR count). The van der Waals surface area contributed by atoms with Gasteiger partial charge in [-0.25, -0.2) is 0 Å². The summed E-state index contributed by atoms with van der Waals surface area (Å²) in [5.74, 6) is 0. The van der Waals surface area contributed by atoms with Crippen LogP contribution in [0.2, 0.25) is 0 Å². The van der Waals surface area contributed by atoms with E-state index in [4.69, 9.17) is 15.0 Å². The molecule has 0 radical (unpaired) electrons. The van der Waals surface area contributed by atoms with Gasteiger partial charge in [0.1, 0.15) is 0 Å². The van der Waals surface area contributed by atoms with Gasteiger partial charge in [-0.15, -0.1) is 0 Å². The van der Waals surface area contributed by atoms with E-state index >= 15 is 0 Å². The maximum absolute atomic E-state index is 5.12. The van der Waals surface area contributed by atoms with E-state index in [1.165, 1.54) is 75.4 Å². The van der Waals surface area contributed by atoms with Crippen LogP contribution in [0.4, 0.5) is 0 Å². The average Bonchev–Trinajstić information content (AvgIpc) is 3.46. The quantitative estimate of drug-likeness (QED) is 0.161. The van der Waals surface area contributed by atoms with Crippen LogP contribution in [0.15, 0.2) is 243 Å². The summed E-state index contributed by atoms with van der Waals surface area (Å²) in [5, 5.41) is 19.3. The molecule has 0 fully saturated rings. The molecule has 0 atom stereocenters. The molecule has 11 aromatic carbocycles. The summed E-state index contributed by atoms with van der Waals surface area (Å²) >= 11 is 0. The van der Waals surface area contributed by atoms with Crippen LogP contribution in [0.3, 0.4) is 0 Å². The maximum Gasteiger partial charge on any atom is 0.0714 e. The van der Waals surface area contributed by atoms with Crippen molar-refractivity contribution in [1.82, 2.24) is 19.9 Å². The minimum atomic E-state index is 0.937. The zero-order valence-electron chi connectivity index (χ0n) is 38.9. The summed E-state index contributed by atoms with van der Waals surface area (Å²) in [6.45, 7) is 0. The molecule has 72 heavy (non-hydrogen) atoms. The summed E-state index contributed by atoms with van der Waals surface area (Å²) in [7, 11) is 0. The predicted octanol–water partition coefficient (Wildman–Crippen LogP) is 18.0. The van der Waals surface area contributed by atoms with Gasteiger partial charge in [0.15, 0.2) is 0 Å². The van der Waals surface area contributed by atoms with Crippen molar-refractivity contribution in [3.8, 4) is 55.9 Å². The third kappa shape index (κ3) is 6.40. The number of nitrogens with zero attached hydrogens (tertiary/aromatic N) is 4. The molecule has 332 valence electrons. The maximum atomic E-state index is 5.12. The Kier molecular flexibility index (Phi) is 8.92. The summed E-state index contributed by atoms with van der Waals surface area (Å²) in [6.07, 6.45) is 7.74. The Hall–Kier alpha value is -9.64. The number of rotatable bonds is 5. The lowest BCUT2D eigenvalue weighted by Gasteiger charge is -2.17. The predicted molar refractivity (Wildman–Crippen MR) is 302 cm³/mol. The molecular formula is C68H40N4. The molecule has 0 bridgehead atoms. The number of benzene rings is 11. The van der Waals surface area contributed by atoms with Gasteiger partial charge in [-0.2, -0.15) is 0 Å². The zero-order chi connectivity index (χ0) is 47.3. The van der Waals surface area contributed by atoms with E-state index < -0.39 is 0 Å². The molecule has 15 aromatic rings. The molecule has 0 aliphatic rings. The summed E-state index contributed by atoms with van der Waals surface area (Å²) in [5.41, 5.74) is 12.7. The SMILES string of the molecule is c1cnc2cc(-c3ccnc(-c4cc5c6ccc(-c7cnc8cc(-c9ccnc(-c%10cc%11c%12ccccc%12ccc%11c%11ccccc%10%11)c9)ccc8c7)cc6c6ccccc6c5c5ccccc45)c3)ccc2c1. The topological polar surface area (TPSA) is 51.6 Å². The van der Waals surface area contributed by atoms with Gasteiger partial charge in [0, 0.05) is 52.3 Å². The molecule has 4 heterocycles. The second-order valence-corrected chi connectivity index (χ2v) is 19.0. The van der Waals surface area contributed by atoms with Crippen molar-refractivity contribution < 1.29 is 0 Å². The largest absolute Gasteiger partial charge is 0.256 e. The number of aromatic nitrogens is 4. The first-order valence-corrected chi connectivity index (χ1v) is 24.5. The molecule has 0 saturated carbocycles. The minimum absolute atomic E-state index is 0.937. The number of fused-ring (bicyclic) bond motifs is 15. The molecule has 0 saturated heterocycles. The lowest BCUT2D eigenvalue weighted by atomic mass is 9.87. The van der Waals surface area contributed by atoms with Crippen molar-refractivity contribution in [3.63, 3.8) is 0 Å². The molecule has 0 spiro atoms. The van der Waals surface area contributed by atoms with E-state index in [2.05, 4.69) is 217 Å². The molecule has 0 aliphatic heterocycles. The van der Waals surface area contributed by atoms with Gasteiger partial charge < -0.3 is 0 Å². The van der Waals surface area contributed by atoms with E-state index in [0.29, 0.717) is 0 Å². The third-order valence-electron chi connectivity index (χ3n) is 15.0. The smallest absolute Gasteiger partial charge is 0.0714 e. The standard InChI is InChI=1S/C68H40N4/c1-2-12-50-41(10-1)23-25-55-51-13-3-4-14-52(51)61(38-60(50)55)66-36-47(28-30-70-66)45-21-22-48-32-49(40-72-65(48)35-45)43-24-26-56-59(33-43)53-15-5-7-17-57(53)68-58-18-8-6-16-54(58)62(39-63(56)68)67-37-46(27-31-71-67)44-20-19-42-11-9-29-69-64(42)34-44/h1-40H. The van der Waals surface area contributed by atoms with Crippen LogP contribution in [-0.4, -0.2) is 19.9 Å². The molecule has 0 unspecified atom stereocenters. The fourth-order valence-corrected chi connectivity index (χ4v) is 11.5. The van der Waals surface area contributed by atoms with Gasteiger partial charge in [-0.3, -0.25) is 19.9 Å². The van der Waals surface area contributed by atoms with Crippen LogP contribution in [0.25, 0.3) is 153 Å². The molecule has 4 nitrogen and oxygen atoms in total. The Balaban J connectivity index is 0.822. The lowest BCUT2D eigenvalue weighted by molar-refractivity contribution is 1.33. The van der Waals surface area contributed by atoms with Crippen LogP contribution in [0.5, 0.6) is 0 Å². The van der Waals surface area contributed by atoms with Gasteiger partial charge in [-0.1, -0.05) is 152 Å². The summed E-state index contributed by atoms with van der Waals surface area (Å²) in [4.78, 5) is 19.7. The lowest BCUT2D eigenvalue weighted by Crippen LogP contribution is -1.92. The molecule has 4 aromatic heterocycles. The normalized spacial score (nSPS) is 11.9. The Labute approximate surface area is 414 Å². The zero-order valence-corrected chi connectivity index (χ0v) is 38.9. The molecule has 0 aliphatic carbocycles. The first-order valence-electron chi connectivity index (χ1n) is 24.5. The van der Waals surface area contributed by atoms with E-state index in [0.717, 1.165) is 77.7 Å². The Morgan fingerprint density at radius 2 is 0.694 bits per heavy atom. The van der Waals surface area contributed by atoms with E-state index in [9.17, 15) is 0 Å². The molecular weight excluding hydrogens is 873 g/mol. The van der Waals surface area contributed by atoms with Crippen molar-refractivity contribution in [2.75, 3.05) is 0 Å². The van der Waals surface area contributed by atoms with Gasteiger partial charge in [0.25, 0.3) is 0 Å². The summed E-state index contributed by atoms with van der Waals surface area (Å²) in [6, 6.07) is 79.2. The fourth-order valence-electron chi connectivity index (χ4n) is 11.5. The highest BCUT2D eigenvalue weighted by Gasteiger charge is 2.18. The first-order chi connectivity index (χ1) is 35.7. The van der Waals surface area contributed by atoms with Crippen LogP contribution >= 0.6 is 0 Å². The fraction of sp³-hybridized carbons (Fsp3) is 0. The van der Waals surface area contributed by atoms with E-state index in [-0.39, 0.29) is 0 Å². The molecule has 4 heteroatoms. The monoisotopic (exact) mass is 912 g/mol. The highest BCUT2D eigenvalue weighted by Crippen LogP contribution is 2.45. The van der Waals surface area contributed by atoms with E-state index in [1.54, 1.807) is 0 Å². The van der Waals surface area contributed by atoms with E-state index in [1.807, 2.05) is 30.9 Å². The second-order valence-electron chi connectivity index (χ2n) is 19.0. The average molecular weight is 913 g/mol.